The Morgan fingerprint density at radius 3 is 2.83 bits per heavy atom. The van der Waals surface area contributed by atoms with Crippen molar-refractivity contribution in [2.45, 2.75) is 6.42 Å². The average molecular weight is 160 g/mol. The number of ether oxygens (including phenoxy) is 2. The van der Waals surface area contributed by atoms with Gasteiger partial charge in [-0.25, -0.2) is 0 Å². The molecule has 0 aromatic heterocycles. The maximum atomic E-state index is 5.27. The third kappa shape index (κ3) is 0.694. The molecule has 0 unspecified atom stereocenters. The van der Waals surface area contributed by atoms with Gasteiger partial charge in [0.1, 0.15) is 0 Å². The number of benzene rings is 1. The van der Waals surface area contributed by atoms with E-state index in [1.54, 1.807) is 0 Å². The summed E-state index contributed by atoms with van der Waals surface area (Å²) in [6, 6.07) is 4.11. The van der Waals surface area contributed by atoms with Crippen LogP contribution in [0.1, 0.15) is 11.1 Å². The van der Waals surface area contributed by atoms with Crippen LogP contribution < -0.4 is 9.47 Å². The van der Waals surface area contributed by atoms with E-state index >= 15 is 0 Å². The molecule has 60 valence electrons. The Kier molecular flexibility index (Phi) is 1.04. The van der Waals surface area contributed by atoms with Gasteiger partial charge >= 0.3 is 0 Å². The molecule has 0 N–H and O–H groups in total. The number of fused-ring (bicyclic) bond motifs is 2. The van der Waals surface area contributed by atoms with Crippen LogP contribution in [-0.4, -0.2) is 6.79 Å². The molecule has 12 heavy (non-hydrogen) atoms. The highest BCUT2D eigenvalue weighted by atomic mass is 16.7. The van der Waals surface area contributed by atoms with Crippen LogP contribution in [0.4, 0.5) is 0 Å². The summed E-state index contributed by atoms with van der Waals surface area (Å²) in [5, 5.41) is 0. The van der Waals surface area contributed by atoms with Gasteiger partial charge in [-0.05, 0) is 29.7 Å². The lowest BCUT2D eigenvalue weighted by atomic mass is 10.1. The first-order chi connectivity index (χ1) is 5.93. The van der Waals surface area contributed by atoms with E-state index in [0.717, 1.165) is 17.9 Å². The summed E-state index contributed by atoms with van der Waals surface area (Å²) < 4.78 is 10.5. The zero-order chi connectivity index (χ0) is 7.97. The molecule has 0 radical (unpaired) electrons. The first kappa shape index (κ1) is 6.12. The van der Waals surface area contributed by atoms with Gasteiger partial charge < -0.3 is 9.47 Å². The normalized spacial score (nSPS) is 16.7. The minimum atomic E-state index is 0.363. The molecule has 0 bridgehead atoms. The Morgan fingerprint density at radius 1 is 1.08 bits per heavy atom. The second-order valence-electron chi connectivity index (χ2n) is 3.01. The van der Waals surface area contributed by atoms with Gasteiger partial charge in [0.25, 0.3) is 0 Å². The van der Waals surface area contributed by atoms with Crippen LogP contribution in [0.3, 0.4) is 0 Å². The van der Waals surface area contributed by atoms with Gasteiger partial charge in [0.2, 0.25) is 6.79 Å². The van der Waals surface area contributed by atoms with Crippen LogP contribution in [0.25, 0.3) is 6.08 Å². The summed E-state index contributed by atoms with van der Waals surface area (Å²) >= 11 is 0. The van der Waals surface area contributed by atoms with Crippen LogP contribution in [0.15, 0.2) is 18.2 Å². The Morgan fingerprint density at radius 2 is 1.92 bits per heavy atom. The van der Waals surface area contributed by atoms with Gasteiger partial charge in [-0.3, -0.25) is 0 Å². The Balaban J connectivity index is 2.23. The average Bonchev–Trinajstić information content (AvgIpc) is 2.64. The van der Waals surface area contributed by atoms with Gasteiger partial charge in [0, 0.05) is 0 Å². The summed E-state index contributed by atoms with van der Waals surface area (Å²) in [6.45, 7) is 0.363. The molecule has 1 heterocycles. The van der Waals surface area contributed by atoms with Crippen LogP contribution in [0.5, 0.6) is 11.5 Å². The van der Waals surface area contributed by atoms with Crippen molar-refractivity contribution < 1.29 is 9.47 Å². The van der Waals surface area contributed by atoms with Crippen molar-refractivity contribution in [3.63, 3.8) is 0 Å². The largest absolute Gasteiger partial charge is 0.454 e. The van der Waals surface area contributed by atoms with Crippen molar-refractivity contribution in [3.05, 3.63) is 29.3 Å². The summed E-state index contributed by atoms with van der Waals surface area (Å²) in [4.78, 5) is 0. The third-order valence-electron chi connectivity index (χ3n) is 2.27. The highest BCUT2D eigenvalue weighted by Crippen LogP contribution is 2.37. The van der Waals surface area contributed by atoms with Crippen molar-refractivity contribution in [1.82, 2.24) is 0 Å². The highest BCUT2D eigenvalue weighted by Gasteiger charge is 2.17. The quantitative estimate of drug-likeness (QED) is 0.577. The van der Waals surface area contributed by atoms with Gasteiger partial charge in [-0.15, -0.1) is 0 Å². The fourth-order valence-corrected chi connectivity index (χ4v) is 1.64. The van der Waals surface area contributed by atoms with Gasteiger partial charge in [-0.1, -0.05) is 12.2 Å². The first-order valence-electron chi connectivity index (χ1n) is 4.02. The lowest BCUT2D eigenvalue weighted by Gasteiger charge is -2.00. The predicted molar refractivity (Wildman–Crippen MR) is 45.3 cm³/mol. The van der Waals surface area contributed by atoms with E-state index in [1.165, 1.54) is 11.1 Å². The van der Waals surface area contributed by atoms with E-state index in [9.17, 15) is 0 Å². The maximum Gasteiger partial charge on any atom is 0.231 e. The molecule has 1 aromatic rings. The van der Waals surface area contributed by atoms with Crippen molar-refractivity contribution in [3.8, 4) is 11.5 Å². The van der Waals surface area contributed by atoms with Crippen LogP contribution in [-0.2, 0) is 6.42 Å². The van der Waals surface area contributed by atoms with Crippen molar-refractivity contribution >= 4 is 6.08 Å². The molecule has 2 heteroatoms. The number of allylic oxidation sites excluding steroid dienone is 1. The monoisotopic (exact) mass is 160 g/mol. The molecule has 0 amide bonds. The fraction of sp³-hybridized carbons (Fsp3) is 0.200. The van der Waals surface area contributed by atoms with E-state index in [2.05, 4.69) is 18.2 Å². The van der Waals surface area contributed by atoms with Gasteiger partial charge in [0.15, 0.2) is 11.5 Å². The Hall–Kier alpha value is -1.44. The topological polar surface area (TPSA) is 18.5 Å². The fourth-order valence-electron chi connectivity index (χ4n) is 1.64. The molecule has 0 atom stereocenters. The molecule has 1 aromatic carbocycles. The lowest BCUT2D eigenvalue weighted by Crippen LogP contribution is -1.92. The minimum Gasteiger partial charge on any atom is -0.454 e. The lowest BCUT2D eigenvalue weighted by molar-refractivity contribution is 0.174. The van der Waals surface area contributed by atoms with Gasteiger partial charge in [-0.2, -0.15) is 0 Å². The molecule has 0 saturated heterocycles. The summed E-state index contributed by atoms with van der Waals surface area (Å²) in [5.41, 5.74) is 2.60. The van der Waals surface area contributed by atoms with E-state index in [0.29, 0.717) is 6.79 Å². The Bertz CT molecular complexity index is 366. The molecule has 0 fully saturated rings. The van der Waals surface area contributed by atoms with E-state index in [4.69, 9.17) is 9.47 Å². The molecule has 2 nitrogen and oxygen atoms in total. The van der Waals surface area contributed by atoms with E-state index < -0.39 is 0 Å². The second-order valence-corrected chi connectivity index (χ2v) is 3.01. The Labute approximate surface area is 70.4 Å². The van der Waals surface area contributed by atoms with Crippen molar-refractivity contribution in [1.29, 1.82) is 0 Å². The summed E-state index contributed by atoms with van der Waals surface area (Å²) in [7, 11) is 0. The zero-order valence-electron chi connectivity index (χ0n) is 6.54. The molecular formula is C10H8O2. The predicted octanol–water partition coefficient (Wildman–Crippen LogP) is 1.98. The van der Waals surface area contributed by atoms with Crippen LogP contribution >= 0.6 is 0 Å². The first-order valence-corrected chi connectivity index (χ1v) is 4.02. The molecule has 0 saturated carbocycles. The molecule has 1 aliphatic carbocycles. The van der Waals surface area contributed by atoms with Crippen LogP contribution in [0, 0.1) is 0 Å². The summed E-state index contributed by atoms with van der Waals surface area (Å²) in [5.74, 6) is 1.76. The zero-order valence-corrected chi connectivity index (χ0v) is 6.54. The maximum absolute atomic E-state index is 5.27. The smallest absolute Gasteiger partial charge is 0.231 e. The molecule has 2 aliphatic rings. The summed E-state index contributed by atoms with van der Waals surface area (Å²) in [6.07, 6.45) is 5.29. The molecule has 1 aliphatic heterocycles. The van der Waals surface area contributed by atoms with E-state index in [-0.39, 0.29) is 0 Å². The number of rotatable bonds is 0. The van der Waals surface area contributed by atoms with Crippen LogP contribution in [0.2, 0.25) is 0 Å². The van der Waals surface area contributed by atoms with Crippen molar-refractivity contribution in [2.24, 2.45) is 0 Å². The number of hydrogen-bond acceptors (Lipinski definition) is 2. The molecule has 0 spiro atoms. The SMILES string of the molecule is C1=Cc2cc3c(cc2C1)OCO3. The standard InChI is InChI=1S/C10H8O2/c1-2-7-4-9-10(12-6-11-9)5-8(7)3-1/h1-2,4-5H,3,6H2. The molecule has 3 rings (SSSR count). The minimum absolute atomic E-state index is 0.363. The van der Waals surface area contributed by atoms with Gasteiger partial charge in [0.05, 0.1) is 0 Å². The second kappa shape index (κ2) is 2.03. The third-order valence-corrected chi connectivity index (χ3v) is 2.27. The highest BCUT2D eigenvalue weighted by molar-refractivity contribution is 5.65. The number of hydrogen-bond donors (Lipinski definition) is 0. The van der Waals surface area contributed by atoms with Crippen molar-refractivity contribution in [2.75, 3.05) is 6.79 Å². The van der Waals surface area contributed by atoms with E-state index in [1.807, 2.05) is 6.07 Å². The molecular weight excluding hydrogens is 152 g/mol.